The number of hydrogen-bond donors (Lipinski definition) is 1. The molecule has 0 radical (unpaired) electrons. The Morgan fingerprint density at radius 1 is 0.739 bits per heavy atom. The van der Waals surface area contributed by atoms with Gasteiger partial charge in [-0.3, -0.25) is 9.59 Å². The second-order valence-electron chi connectivity index (χ2n) is 5.94. The minimum absolute atomic E-state index is 0. The maximum atomic E-state index is 12.2. The van der Waals surface area contributed by atoms with Gasteiger partial charge in [0.2, 0.25) is 5.91 Å². The first-order chi connectivity index (χ1) is 9.82. The van der Waals surface area contributed by atoms with Crippen LogP contribution >= 0.6 is 24.8 Å². The third-order valence-electron chi connectivity index (χ3n) is 3.20. The van der Waals surface area contributed by atoms with Gasteiger partial charge in [0.25, 0.3) is 0 Å². The Morgan fingerprint density at radius 3 is 1.52 bits per heavy atom. The molecule has 140 valence electrons. The van der Waals surface area contributed by atoms with Gasteiger partial charge in [-0.2, -0.15) is 0 Å². The van der Waals surface area contributed by atoms with Crippen LogP contribution in [0.2, 0.25) is 0 Å². The molecular formula is C15H33Cl2N3O3. The first-order valence-corrected chi connectivity index (χ1v) is 7.62. The van der Waals surface area contributed by atoms with Crippen molar-refractivity contribution in [2.45, 2.75) is 32.1 Å². The summed E-state index contributed by atoms with van der Waals surface area (Å²) in [5, 5.41) is 8.63. The minimum Gasteiger partial charge on any atom is -0.481 e. The monoisotopic (exact) mass is 373 g/mol. The third-order valence-corrected chi connectivity index (χ3v) is 3.20. The average Bonchev–Trinajstić information content (AvgIpc) is 2.35. The number of aliphatic carboxylic acids is 1. The molecule has 8 heteroatoms. The normalized spacial score (nSPS) is 10.2. The molecule has 0 aliphatic heterocycles. The molecule has 0 aliphatic rings. The summed E-state index contributed by atoms with van der Waals surface area (Å²) in [5.74, 6) is -0.761. The van der Waals surface area contributed by atoms with Crippen LogP contribution in [0, 0.1) is 0 Å². The third kappa shape index (κ3) is 17.6. The van der Waals surface area contributed by atoms with E-state index < -0.39 is 5.97 Å². The van der Waals surface area contributed by atoms with E-state index in [9.17, 15) is 9.59 Å². The van der Waals surface area contributed by atoms with Crippen LogP contribution in [0.1, 0.15) is 32.1 Å². The highest BCUT2D eigenvalue weighted by molar-refractivity contribution is 5.85. The molecule has 0 spiro atoms. The lowest BCUT2D eigenvalue weighted by molar-refractivity contribution is -0.137. The first-order valence-electron chi connectivity index (χ1n) is 7.62. The van der Waals surface area contributed by atoms with Crippen LogP contribution in [-0.4, -0.2) is 86.1 Å². The molecule has 0 saturated carbocycles. The van der Waals surface area contributed by atoms with E-state index in [4.69, 9.17) is 5.11 Å². The zero-order chi connectivity index (χ0) is 16.3. The largest absolute Gasteiger partial charge is 0.481 e. The molecule has 0 aromatic heterocycles. The van der Waals surface area contributed by atoms with Gasteiger partial charge in [0.15, 0.2) is 0 Å². The molecule has 0 atom stereocenters. The Labute approximate surface area is 153 Å². The van der Waals surface area contributed by atoms with E-state index in [2.05, 4.69) is 9.80 Å². The molecule has 0 aliphatic carbocycles. The Balaban J connectivity index is -0.00000200. The van der Waals surface area contributed by atoms with Gasteiger partial charge in [-0.15, -0.1) is 24.8 Å². The number of hydrogen-bond acceptors (Lipinski definition) is 4. The van der Waals surface area contributed by atoms with E-state index in [1.54, 1.807) is 0 Å². The Bertz CT molecular complexity index is 302. The van der Waals surface area contributed by atoms with Gasteiger partial charge >= 0.3 is 5.97 Å². The van der Waals surface area contributed by atoms with Crippen LogP contribution in [-0.2, 0) is 9.59 Å². The molecule has 1 amide bonds. The Hall–Kier alpha value is -0.560. The molecule has 0 bridgehead atoms. The van der Waals surface area contributed by atoms with E-state index in [-0.39, 0.29) is 37.1 Å². The molecule has 0 aromatic rings. The van der Waals surface area contributed by atoms with E-state index in [0.717, 1.165) is 39.0 Å². The number of carboxylic acid groups (broad SMARTS) is 1. The van der Waals surface area contributed by atoms with Crippen molar-refractivity contribution in [1.29, 1.82) is 0 Å². The molecule has 0 unspecified atom stereocenters. The molecule has 6 nitrogen and oxygen atoms in total. The van der Waals surface area contributed by atoms with E-state index in [0.29, 0.717) is 12.8 Å². The van der Waals surface area contributed by atoms with Crippen LogP contribution in [0.25, 0.3) is 0 Å². The number of carbonyl (C=O) groups is 2. The van der Waals surface area contributed by atoms with E-state index >= 15 is 0 Å². The number of carbonyl (C=O) groups excluding carboxylic acids is 1. The number of rotatable bonds is 12. The van der Waals surface area contributed by atoms with Gasteiger partial charge in [0.1, 0.15) is 0 Å². The van der Waals surface area contributed by atoms with Crippen molar-refractivity contribution in [2.75, 3.05) is 54.4 Å². The number of nitrogens with zero attached hydrogens (tertiary/aromatic N) is 3. The van der Waals surface area contributed by atoms with Crippen molar-refractivity contribution in [1.82, 2.24) is 14.7 Å². The smallest absolute Gasteiger partial charge is 0.303 e. The Kier molecular flexibility index (Phi) is 19.3. The zero-order valence-electron chi connectivity index (χ0n) is 14.8. The van der Waals surface area contributed by atoms with Crippen molar-refractivity contribution in [3.8, 4) is 0 Å². The van der Waals surface area contributed by atoms with Gasteiger partial charge in [-0.25, -0.2) is 0 Å². The maximum absolute atomic E-state index is 12.2. The fourth-order valence-electron chi connectivity index (χ4n) is 2.07. The van der Waals surface area contributed by atoms with Crippen LogP contribution < -0.4 is 0 Å². The summed E-state index contributed by atoms with van der Waals surface area (Å²) in [6.07, 6.45) is 2.70. The lowest BCUT2D eigenvalue weighted by Crippen LogP contribution is -2.35. The van der Waals surface area contributed by atoms with Gasteiger partial charge in [0.05, 0.1) is 0 Å². The molecule has 23 heavy (non-hydrogen) atoms. The summed E-state index contributed by atoms with van der Waals surface area (Å²) >= 11 is 0. The summed E-state index contributed by atoms with van der Waals surface area (Å²) in [6, 6.07) is 0. The van der Waals surface area contributed by atoms with Crippen molar-refractivity contribution < 1.29 is 14.7 Å². The molecule has 0 heterocycles. The summed E-state index contributed by atoms with van der Waals surface area (Å²) in [4.78, 5) is 28.8. The van der Waals surface area contributed by atoms with Crippen molar-refractivity contribution in [2.24, 2.45) is 0 Å². The van der Waals surface area contributed by atoms with Crippen LogP contribution in [0.4, 0.5) is 0 Å². The van der Waals surface area contributed by atoms with Gasteiger partial charge in [0, 0.05) is 25.9 Å². The van der Waals surface area contributed by atoms with E-state index in [1.807, 2.05) is 33.1 Å². The summed E-state index contributed by atoms with van der Waals surface area (Å²) in [6.45, 7) is 3.40. The predicted octanol–water partition coefficient (Wildman–Crippen LogP) is 1.82. The standard InChI is InChI=1S/C15H31N3O3.2ClH/c1-16(2)10-6-12-18(13-7-11-17(3)4)14(19)8-5-9-15(20)21;;/h5-13H2,1-4H3,(H,20,21);2*1H. The fraction of sp³-hybridized carbons (Fsp3) is 0.867. The average molecular weight is 374 g/mol. The molecule has 0 saturated heterocycles. The van der Waals surface area contributed by atoms with Gasteiger partial charge < -0.3 is 19.8 Å². The lowest BCUT2D eigenvalue weighted by atomic mass is 10.2. The van der Waals surface area contributed by atoms with Crippen molar-refractivity contribution in [3.05, 3.63) is 0 Å². The zero-order valence-corrected chi connectivity index (χ0v) is 16.4. The number of halogens is 2. The molecule has 0 fully saturated rings. The lowest BCUT2D eigenvalue weighted by Gasteiger charge is -2.24. The van der Waals surface area contributed by atoms with Crippen molar-refractivity contribution >= 4 is 36.7 Å². The van der Waals surface area contributed by atoms with Crippen LogP contribution in [0.15, 0.2) is 0 Å². The van der Waals surface area contributed by atoms with Crippen LogP contribution in [0.5, 0.6) is 0 Å². The molecular weight excluding hydrogens is 341 g/mol. The maximum Gasteiger partial charge on any atom is 0.303 e. The minimum atomic E-state index is -0.838. The number of carboxylic acids is 1. The highest BCUT2D eigenvalue weighted by Gasteiger charge is 2.13. The molecule has 1 N–H and O–H groups in total. The highest BCUT2D eigenvalue weighted by Crippen LogP contribution is 2.04. The van der Waals surface area contributed by atoms with Crippen LogP contribution in [0.3, 0.4) is 0 Å². The summed E-state index contributed by atoms with van der Waals surface area (Å²) in [5.41, 5.74) is 0. The Morgan fingerprint density at radius 2 is 1.17 bits per heavy atom. The summed E-state index contributed by atoms with van der Waals surface area (Å²) in [7, 11) is 8.08. The van der Waals surface area contributed by atoms with E-state index in [1.165, 1.54) is 0 Å². The SMILES string of the molecule is CN(C)CCCN(CCCN(C)C)C(=O)CCCC(=O)O.Cl.Cl. The fourth-order valence-corrected chi connectivity index (χ4v) is 2.07. The van der Waals surface area contributed by atoms with Gasteiger partial charge in [-0.05, 0) is 60.5 Å². The topological polar surface area (TPSA) is 64.1 Å². The quantitative estimate of drug-likeness (QED) is 0.565. The molecule has 0 rings (SSSR count). The molecule has 0 aromatic carbocycles. The van der Waals surface area contributed by atoms with Crippen molar-refractivity contribution in [3.63, 3.8) is 0 Å². The van der Waals surface area contributed by atoms with Gasteiger partial charge in [-0.1, -0.05) is 0 Å². The first kappa shape index (κ1) is 27.3. The highest BCUT2D eigenvalue weighted by atomic mass is 35.5. The number of amides is 1. The summed E-state index contributed by atoms with van der Waals surface area (Å²) < 4.78 is 0. The second-order valence-corrected chi connectivity index (χ2v) is 5.94. The second kappa shape index (κ2) is 16.3. The predicted molar refractivity (Wildman–Crippen MR) is 98.9 cm³/mol.